The summed E-state index contributed by atoms with van der Waals surface area (Å²) < 4.78 is 7.01. The van der Waals surface area contributed by atoms with Crippen molar-refractivity contribution in [2.24, 2.45) is 7.05 Å². The summed E-state index contributed by atoms with van der Waals surface area (Å²) in [6.45, 7) is 10.1. The molecule has 7 heteroatoms. The molecule has 20 heavy (non-hydrogen) atoms. The first kappa shape index (κ1) is 16.4. The van der Waals surface area contributed by atoms with Crippen molar-refractivity contribution in [1.29, 1.82) is 0 Å². The van der Waals surface area contributed by atoms with Crippen molar-refractivity contribution in [3.63, 3.8) is 0 Å². The first-order valence-corrected chi connectivity index (χ1v) is 6.85. The van der Waals surface area contributed by atoms with Crippen molar-refractivity contribution in [3.8, 4) is 0 Å². The van der Waals surface area contributed by atoms with Gasteiger partial charge in [-0.25, -0.2) is 4.79 Å². The summed E-state index contributed by atoms with van der Waals surface area (Å²) >= 11 is 0. The number of hydrogen-bond acceptors (Lipinski definition) is 5. The highest BCUT2D eigenvalue weighted by Crippen LogP contribution is 2.09. The monoisotopic (exact) mass is 283 g/mol. The molecule has 1 heterocycles. The Kier molecular flexibility index (Phi) is 5.94. The summed E-state index contributed by atoms with van der Waals surface area (Å²) in [5, 5.41) is 11.1. The summed E-state index contributed by atoms with van der Waals surface area (Å²) in [6, 6.07) is 0. The Morgan fingerprint density at radius 1 is 1.50 bits per heavy atom. The second-order valence-corrected chi connectivity index (χ2v) is 5.62. The van der Waals surface area contributed by atoms with E-state index in [-0.39, 0.29) is 6.09 Å². The number of likely N-dealkylation sites (N-methyl/N-ethyl adjacent to an activating group) is 1. The van der Waals surface area contributed by atoms with Gasteiger partial charge in [0.05, 0.1) is 5.69 Å². The molecular formula is C13H25N5O2. The van der Waals surface area contributed by atoms with Gasteiger partial charge < -0.3 is 15.0 Å². The molecule has 0 aliphatic carbocycles. The van der Waals surface area contributed by atoms with Crippen molar-refractivity contribution >= 4 is 6.09 Å². The molecule has 0 radical (unpaired) electrons. The Morgan fingerprint density at radius 2 is 2.20 bits per heavy atom. The molecule has 0 saturated heterocycles. The summed E-state index contributed by atoms with van der Waals surface area (Å²) in [5.74, 6) is 0. The molecular weight excluding hydrogens is 258 g/mol. The fourth-order valence-corrected chi connectivity index (χ4v) is 1.61. The number of nitrogens with one attached hydrogen (secondary N) is 1. The van der Waals surface area contributed by atoms with E-state index < -0.39 is 5.60 Å². The smallest absolute Gasteiger partial charge is 0.410 e. The van der Waals surface area contributed by atoms with Crippen molar-refractivity contribution in [3.05, 3.63) is 11.9 Å². The lowest BCUT2D eigenvalue weighted by molar-refractivity contribution is 0.0262. The average Bonchev–Trinajstić information content (AvgIpc) is 2.72. The van der Waals surface area contributed by atoms with Gasteiger partial charge in [0.2, 0.25) is 0 Å². The van der Waals surface area contributed by atoms with Crippen LogP contribution in [-0.2, 0) is 18.3 Å². The summed E-state index contributed by atoms with van der Waals surface area (Å²) in [6.07, 6.45) is 1.58. The molecule has 0 bridgehead atoms. The Balaban J connectivity index is 2.29. The maximum Gasteiger partial charge on any atom is 0.410 e. The van der Waals surface area contributed by atoms with Crippen molar-refractivity contribution in [2.75, 3.05) is 19.6 Å². The molecule has 0 saturated carbocycles. The van der Waals surface area contributed by atoms with Crippen LogP contribution in [0.4, 0.5) is 4.79 Å². The van der Waals surface area contributed by atoms with E-state index in [0.29, 0.717) is 26.2 Å². The van der Waals surface area contributed by atoms with Crippen LogP contribution in [0.15, 0.2) is 6.20 Å². The maximum absolute atomic E-state index is 11.9. The molecule has 1 aromatic heterocycles. The number of rotatable bonds is 6. The van der Waals surface area contributed by atoms with Crippen LogP contribution in [-0.4, -0.2) is 51.2 Å². The highest BCUT2D eigenvalue weighted by atomic mass is 16.6. The number of amides is 1. The number of aromatic nitrogens is 3. The van der Waals surface area contributed by atoms with E-state index in [9.17, 15) is 4.79 Å². The number of carbonyl (C=O) groups excluding carboxylic acids is 1. The van der Waals surface area contributed by atoms with Gasteiger partial charge >= 0.3 is 6.09 Å². The van der Waals surface area contributed by atoms with Crippen LogP contribution in [0.5, 0.6) is 0 Å². The first-order valence-electron chi connectivity index (χ1n) is 6.85. The number of hydrogen-bond donors (Lipinski definition) is 1. The normalized spacial score (nSPS) is 11.4. The van der Waals surface area contributed by atoms with Crippen LogP contribution in [0.2, 0.25) is 0 Å². The minimum Gasteiger partial charge on any atom is -0.444 e. The van der Waals surface area contributed by atoms with Crippen LogP contribution in [0, 0.1) is 0 Å². The van der Waals surface area contributed by atoms with Gasteiger partial charge in [0.25, 0.3) is 0 Å². The predicted molar refractivity (Wildman–Crippen MR) is 76.2 cm³/mol. The predicted octanol–water partition coefficient (Wildman–Crippen LogP) is 1.16. The molecule has 0 aromatic carbocycles. The topological polar surface area (TPSA) is 72.3 Å². The van der Waals surface area contributed by atoms with E-state index in [1.807, 2.05) is 40.9 Å². The molecule has 0 fully saturated rings. The van der Waals surface area contributed by atoms with Gasteiger partial charge in [0.15, 0.2) is 0 Å². The molecule has 1 N–H and O–H groups in total. The zero-order chi connectivity index (χ0) is 15.2. The van der Waals surface area contributed by atoms with Gasteiger partial charge in [-0.2, -0.15) is 0 Å². The minimum absolute atomic E-state index is 0.277. The van der Waals surface area contributed by atoms with Crippen molar-refractivity contribution < 1.29 is 9.53 Å². The van der Waals surface area contributed by atoms with E-state index in [1.165, 1.54) is 0 Å². The molecule has 1 aromatic rings. The van der Waals surface area contributed by atoms with Crippen molar-refractivity contribution in [1.82, 2.24) is 25.2 Å². The van der Waals surface area contributed by atoms with Crippen LogP contribution in [0.3, 0.4) is 0 Å². The molecule has 1 rings (SSSR count). The van der Waals surface area contributed by atoms with E-state index in [2.05, 4.69) is 15.6 Å². The Labute approximate surface area is 120 Å². The van der Waals surface area contributed by atoms with Gasteiger partial charge in [-0.3, -0.25) is 4.68 Å². The lowest BCUT2D eigenvalue weighted by Gasteiger charge is -2.26. The second kappa shape index (κ2) is 7.23. The van der Waals surface area contributed by atoms with E-state index in [1.54, 1.807) is 9.58 Å². The number of nitrogens with zero attached hydrogens (tertiary/aromatic N) is 4. The van der Waals surface area contributed by atoms with Gasteiger partial charge in [-0.15, -0.1) is 5.10 Å². The molecule has 0 unspecified atom stereocenters. The molecule has 0 aliphatic rings. The highest BCUT2D eigenvalue weighted by molar-refractivity contribution is 5.68. The Morgan fingerprint density at radius 3 is 2.70 bits per heavy atom. The number of aryl methyl sites for hydroxylation is 1. The fraction of sp³-hybridized carbons (Fsp3) is 0.769. The van der Waals surface area contributed by atoms with Crippen LogP contribution in [0.1, 0.15) is 33.4 Å². The van der Waals surface area contributed by atoms with Gasteiger partial charge in [-0.1, -0.05) is 5.21 Å². The summed E-state index contributed by atoms with van der Waals surface area (Å²) in [7, 11) is 1.83. The van der Waals surface area contributed by atoms with Gasteiger partial charge in [0.1, 0.15) is 5.60 Å². The lowest BCUT2D eigenvalue weighted by Crippen LogP contribution is -2.40. The minimum atomic E-state index is -0.461. The third-order valence-corrected chi connectivity index (χ3v) is 2.55. The molecule has 1 amide bonds. The highest BCUT2D eigenvalue weighted by Gasteiger charge is 2.20. The summed E-state index contributed by atoms with van der Waals surface area (Å²) in [4.78, 5) is 13.6. The maximum atomic E-state index is 11.9. The lowest BCUT2D eigenvalue weighted by atomic mass is 10.2. The van der Waals surface area contributed by atoms with Crippen LogP contribution < -0.4 is 5.32 Å². The average molecular weight is 283 g/mol. The Bertz CT molecular complexity index is 425. The molecule has 0 aliphatic heterocycles. The Hall–Kier alpha value is -1.63. The van der Waals surface area contributed by atoms with Gasteiger partial charge in [0, 0.05) is 39.4 Å². The van der Waals surface area contributed by atoms with Crippen LogP contribution in [0.25, 0.3) is 0 Å². The third-order valence-electron chi connectivity index (χ3n) is 2.55. The molecule has 114 valence electrons. The largest absolute Gasteiger partial charge is 0.444 e. The third kappa shape index (κ3) is 6.01. The van der Waals surface area contributed by atoms with Crippen molar-refractivity contribution in [2.45, 2.75) is 39.8 Å². The number of ether oxygens (including phenoxy) is 1. The standard InChI is InChI=1S/C13H25N5O2/c1-6-18(12(19)20-13(2,3)4)8-7-14-9-11-10-17(5)16-15-11/h10,14H,6-9H2,1-5H3. The molecule has 7 nitrogen and oxygen atoms in total. The zero-order valence-electron chi connectivity index (χ0n) is 13.0. The van der Waals surface area contributed by atoms with Gasteiger partial charge in [-0.05, 0) is 27.7 Å². The fourth-order valence-electron chi connectivity index (χ4n) is 1.61. The first-order chi connectivity index (χ1) is 9.31. The van der Waals surface area contributed by atoms with E-state index >= 15 is 0 Å². The SMILES string of the molecule is CCN(CCNCc1cn(C)nn1)C(=O)OC(C)(C)C. The molecule has 0 atom stereocenters. The summed E-state index contributed by atoms with van der Waals surface area (Å²) in [5.41, 5.74) is 0.421. The van der Waals surface area contributed by atoms with Crippen LogP contribution >= 0.6 is 0 Å². The number of carbonyl (C=O) groups is 1. The quantitative estimate of drug-likeness (QED) is 0.793. The van der Waals surface area contributed by atoms with E-state index in [4.69, 9.17) is 4.74 Å². The van der Waals surface area contributed by atoms with E-state index in [0.717, 1.165) is 5.69 Å². The zero-order valence-corrected chi connectivity index (χ0v) is 13.0. The second-order valence-electron chi connectivity index (χ2n) is 5.62. The molecule has 0 spiro atoms.